The molecule has 0 aliphatic heterocycles. The molecular formula is C30H43N3. The van der Waals surface area contributed by atoms with Gasteiger partial charge >= 0.3 is 0 Å². The molecule has 3 heteroatoms. The van der Waals surface area contributed by atoms with Gasteiger partial charge in [-0.15, -0.1) is 0 Å². The smallest absolute Gasteiger partial charge is 0.162 e. The highest BCUT2D eigenvalue weighted by molar-refractivity contribution is 5.90. The van der Waals surface area contributed by atoms with Crippen LogP contribution in [0.15, 0.2) is 54.6 Å². The quantitative estimate of drug-likeness (QED) is 0.210. The Morgan fingerprint density at radius 1 is 0.576 bits per heavy atom. The maximum atomic E-state index is 4.85. The van der Waals surface area contributed by atoms with E-state index in [0.29, 0.717) is 0 Å². The lowest BCUT2D eigenvalue weighted by atomic mass is 10.0. The van der Waals surface area contributed by atoms with Crippen molar-refractivity contribution in [2.75, 3.05) is 11.9 Å². The maximum absolute atomic E-state index is 4.85. The van der Waals surface area contributed by atoms with Crippen molar-refractivity contribution in [2.24, 2.45) is 0 Å². The maximum Gasteiger partial charge on any atom is 0.162 e. The highest BCUT2D eigenvalue weighted by atomic mass is 15.0. The van der Waals surface area contributed by atoms with E-state index >= 15 is 0 Å². The van der Waals surface area contributed by atoms with Gasteiger partial charge in [-0.05, 0) is 18.6 Å². The number of hydrogen-bond donors (Lipinski definition) is 1. The molecule has 1 N–H and O–H groups in total. The van der Waals surface area contributed by atoms with Gasteiger partial charge in [0.1, 0.15) is 5.82 Å². The molecule has 0 aliphatic carbocycles. The Labute approximate surface area is 201 Å². The average molecular weight is 446 g/mol. The van der Waals surface area contributed by atoms with Crippen LogP contribution in [0, 0.1) is 0 Å². The number of nitrogens with one attached hydrogen (secondary N) is 1. The highest BCUT2D eigenvalue weighted by Crippen LogP contribution is 2.25. The molecule has 0 bridgehead atoms. The molecule has 0 radical (unpaired) electrons. The topological polar surface area (TPSA) is 37.8 Å². The molecule has 0 saturated heterocycles. The third kappa shape index (κ3) is 9.15. The SMILES string of the molecule is CCCCCCCCCCCCCCCCNc1nc(-c2ccccc2)nc2ccccc12. The number of aromatic nitrogens is 2. The third-order valence-electron chi connectivity index (χ3n) is 6.46. The van der Waals surface area contributed by atoms with Crippen LogP contribution in [0.5, 0.6) is 0 Å². The van der Waals surface area contributed by atoms with Gasteiger partial charge in [0.05, 0.1) is 5.52 Å². The molecule has 3 rings (SSSR count). The molecule has 0 fully saturated rings. The van der Waals surface area contributed by atoms with Gasteiger partial charge < -0.3 is 5.32 Å². The molecule has 0 saturated carbocycles. The number of para-hydroxylation sites is 1. The largest absolute Gasteiger partial charge is 0.369 e. The molecule has 2 aromatic carbocycles. The summed E-state index contributed by atoms with van der Waals surface area (Å²) < 4.78 is 0. The molecule has 0 aliphatic rings. The highest BCUT2D eigenvalue weighted by Gasteiger charge is 2.08. The first kappa shape index (κ1) is 25.2. The second-order valence-electron chi connectivity index (χ2n) is 9.30. The van der Waals surface area contributed by atoms with Crippen molar-refractivity contribution in [2.45, 2.75) is 96.8 Å². The van der Waals surface area contributed by atoms with Crippen LogP contribution in [0.4, 0.5) is 5.82 Å². The van der Waals surface area contributed by atoms with E-state index in [4.69, 9.17) is 9.97 Å². The van der Waals surface area contributed by atoms with E-state index in [0.717, 1.165) is 34.7 Å². The summed E-state index contributed by atoms with van der Waals surface area (Å²) in [7, 11) is 0. The Kier molecular flexibility index (Phi) is 11.8. The molecule has 0 atom stereocenters. The minimum Gasteiger partial charge on any atom is -0.369 e. The van der Waals surface area contributed by atoms with Crippen LogP contribution in [-0.2, 0) is 0 Å². The van der Waals surface area contributed by atoms with Gasteiger partial charge in [-0.3, -0.25) is 0 Å². The van der Waals surface area contributed by atoms with Gasteiger partial charge in [-0.25, -0.2) is 9.97 Å². The minimum atomic E-state index is 0.790. The second kappa shape index (κ2) is 15.4. The van der Waals surface area contributed by atoms with E-state index < -0.39 is 0 Å². The molecule has 3 aromatic rings. The molecule has 3 nitrogen and oxygen atoms in total. The molecule has 1 aromatic heterocycles. The molecule has 33 heavy (non-hydrogen) atoms. The lowest BCUT2D eigenvalue weighted by Gasteiger charge is -2.11. The zero-order valence-electron chi connectivity index (χ0n) is 20.7. The average Bonchev–Trinajstić information content (AvgIpc) is 2.86. The normalized spacial score (nSPS) is 11.2. The van der Waals surface area contributed by atoms with Gasteiger partial charge in [-0.1, -0.05) is 133 Å². The number of rotatable bonds is 17. The third-order valence-corrected chi connectivity index (χ3v) is 6.46. The van der Waals surface area contributed by atoms with E-state index in [-0.39, 0.29) is 0 Å². The number of hydrogen-bond acceptors (Lipinski definition) is 3. The van der Waals surface area contributed by atoms with Gasteiger partial charge in [0, 0.05) is 17.5 Å². The summed E-state index contributed by atoms with van der Waals surface area (Å²) in [5.74, 6) is 1.74. The van der Waals surface area contributed by atoms with E-state index in [9.17, 15) is 0 Å². The lowest BCUT2D eigenvalue weighted by Crippen LogP contribution is -2.05. The summed E-state index contributed by atoms with van der Waals surface area (Å²) >= 11 is 0. The number of fused-ring (bicyclic) bond motifs is 1. The fourth-order valence-corrected chi connectivity index (χ4v) is 4.45. The Bertz CT molecular complexity index is 907. The van der Waals surface area contributed by atoms with Gasteiger partial charge in [0.2, 0.25) is 0 Å². The van der Waals surface area contributed by atoms with Crippen LogP contribution in [0.25, 0.3) is 22.3 Å². The summed E-state index contributed by atoms with van der Waals surface area (Å²) in [6, 6.07) is 18.5. The number of unbranched alkanes of at least 4 members (excludes halogenated alkanes) is 13. The van der Waals surface area contributed by atoms with Crippen LogP contribution in [-0.4, -0.2) is 16.5 Å². The standard InChI is InChI=1S/C30H43N3/c1-2-3-4-5-6-7-8-9-10-11-12-13-14-20-25-31-30-27-23-18-19-24-28(27)32-29(33-30)26-21-16-15-17-22-26/h15-19,21-24H,2-14,20,25H2,1H3,(H,31,32,33). The first-order valence-corrected chi connectivity index (χ1v) is 13.4. The van der Waals surface area contributed by atoms with Crippen LogP contribution in [0.3, 0.4) is 0 Å². The van der Waals surface area contributed by atoms with Crippen molar-refractivity contribution >= 4 is 16.7 Å². The molecule has 178 valence electrons. The van der Waals surface area contributed by atoms with E-state index in [2.05, 4.69) is 42.6 Å². The van der Waals surface area contributed by atoms with Crippen LogP contribution < -0.4 is 5.32 Å². The summed E-state index contributed by atoms with van der Waals surface area (Å²) in [5, 5.41) is 4.69. The van der Waals surface area contributed by atoms with Crippen LogP contribution in [0.2, 0.25) is 0 Å². The molecular weight excluding hydrogens is 402 g/mol. The Balaban J connectivity index is 1.31. The predicted molar refractivity (Wildman–Crippen MR) is 144 cm³/mol. The van der Waals surface area contributed by atoms with Gasteiger partial charge in [0.15, 0.2) is 5.82 Å². The van der Waals surface area contributed by atoms with E-state index in [1.807, 2.05) is 24.3 Å². The summed E-state index contributed by atoms with van der Waals surface area (Å²) in [5.41, 5.74) is 2.05. The van der Waals surface area contributed by atoms with E-state index in [1.54, 1.807) is 0 Å². The zero-order chi connectivity index (χ0) is 23.0. The lowest BCUT2D eigenvalue weighted by molar-refractivity contribution is 0.537. The molecule has 0 unspecified atom stereocenters. The van der Waals surface area contributed by atoms with Crippen molar-refractivity contribution in [3.63, 3.8) is 0 Å². The molecule has 0 spiro atoms. The van der Waals surface area contributed by atoms with Crippen molar-refractivity contribution in [3.05, 3.63) is 54.6 Å². The monoisotopic (exact) mass is 445 g/mol. The Morgan fingerprint density at radius 2 is 1.12 bits per heavy atom. The Morgan fingerprint density at radius 3 is 1.76 bits per heavy atom. The number of anilines is 1. The van der Waals surface area contributed by atoms with Crippen molar-refractivity contribution in [3.8, 4) is 11.4 Å². The first-order chi connectivity index (χ1) is 16.4. The number of benzene rings is 2. The van der Waals surface area contributed by atoms with Crippen LogP contribution in [0.1, 0.15) is 96.8 Å². The van der Waals surface area contributed by atoms with Gasteiger partial charge in [-0.2, -0.15) is 0 Å². The molecule has 1 heterocycles. The number of nitrogens with zero attached hydrogens (tertiary/aromatic N) is 2. The van der Waals surface area contributed by atoms with Crippen molar-refractivity contribution < 1.29 is 0 Å². The molecule has 0 amide bonds. The zero-order valence-corrected chi connectivity index (χ0v) is 20.7. The fraction of sp³-hybridized carbons (Fsp3) is 0.533. The minimum absolute atomic E-state index is 0.790. The van der Waals surface area contributed by atoms with Crippen molar-refractivity contribution in [1.29, 1.82) is 0 Å². The second-order valence-corrected chi connectivity index (χ2v) is 9.30. The van der Waals surface area contributed by atoms with E-state index in [1.165, 1.54) is 89.9 Å². The van der Waals surface area contributed by atoms with Crippen molar-refractivity contribution in [1.82, 2.24) is 9.97 Å². The summed E-state index contributed by atoms with van der Waals surface area (Å²) in [6.45, 7) is 3.26. The van der Waals surface area contributed by atoms with Crippen LogP contribution >= 0.6 is 0 Å². The first-order valence-electron chi connectivity index (χ1n) is 13.4. The summed E-state index contributed by atoms with van der Waals surface area (Å²) in [6.07, 6.45) is 19.4. The fourth-order valence-electron chi connectivity index (χ4n) is 4.45. The summed E-state index contributed by atoms with van der Waals surface area (Å²) in [4.78, 5) is 9.63. The predicted octanol–water partition coefficient (Wildman–Crippen LogP) is 9.19. The Hall–Kier alpha value is -2.42. The van der Waals surface area contributed by atoms with Gasteiger partial charge in [0.25, 0.3) is 0 Å².